The summed E-state index contributed by atoms with van der Waals surface area (Å²) in [6.07, 6.45) is 0. The van der Waals surface area contributed by atoms with E-state index in [1.807, 2.05) is 18.2 Å². The van der Waals surface area contributed by atoms with Crippen LogP contribution in [0.25, 0.3) is 10.1 Å². The van der Waals surface area contributed by atoms with Crippen molar-refractivity contribution in [1.82, 2.24) is 0 Å². The molecule has 0 fully saturated rings. The van der Waals surface area contributed by atoms with Crippen LogP contribution in [0.2, 0.25) is 0 Å². The minimum Gasteiger partial charge on any atom is -0.397 e. The number of benzene rings is 2. The normalized spacial score (nSPS) is 10.8. The highest BCUT2D eigenvalue weighted by atomic mass is 79.9. The number of hydrogen-bond acceptors (Lipinski definition) is 3. The molecule has 1 aromatic heterocycles. The van der Waals surface area contributed by atoms with Gasteiger partial charge < -0.3 is 11.1 Å². The molecule has 3 aromatic rings. The van der Waals surface area contributed by atoms with Crippen molar-refractivity contribution < 1.29 is 9.18 Å². The van der Waals surface area contributed by atoms with E-state index in [2.05, 4.69) is 21.2 Å². The van der Waals surface area contributed by atoms with Gasteiger partial charge in [-0.3, -0.25) is 4.79 Å². The number of anilines is 2. The number of fused-ring (bicyclic) bond motifs is 1. The molecular formula is C15H10BrFN2OS. The molecule has 0 aliphatic rings. The van der Waals surface area contributed by atoms with Crippen molar-refractivity contribution in [2.75, 3.05) is 11.1 Å². The van der Waals surface area contributed by atoms with E-state index in [4.69, 9.17) is 5.73 Å². The quantitative estimate of drug-likeness (QED) is 0.695. The lowest BCUT2D eigenvalue weighted by atomic mass is 10.2. The molecule has 0 aliphatic heterocycles. The molecule has 0 spiro atoms. The minimum atomic E-state index is -0.478. The lowest BCUT2D eigenvalue weighted by Gasteiger charge is -2.05. The van der Waals surface area contributed by atoms with Crippen molar-refractivity contribution in [2.24, 2.45) is 0 Å². The second kappa shape index (κ2) is 5.46. The second-order valence-corrected chi connectivity index (χ2v) is 6.39. The van der Waals surface area contributed by atoms with Crippen LogP contribution < -0.4 is 11.1 Å². The first-order valence-electron chi connectivity index (χ1n) is 6.09. The lowest BCUT2D eigenvalue weighted by molar-refractivity contribution is 0.103. The third-order valence-corrected chi connectivity index (χ3v) is 4.70. The molecule has 0 atom stereocenters. The smallest absolute Gasteiger partial charge is 0.267 e. The Morgan fingerprint density at radius 3 is 2.76 bits per heavy atom. The van der Waals surface area contributed by atoms with E-state index < -0.39 is 11.7 Å². The van der Waals surface area contributed by atoms with Gasteiger partial charge in [-0.25, -0.2) is 4.39 Å². The van der Waals surface area contributed by atoms with Crippen LogP contribution in [0.3, 0.4) is 0 Å². The third kappa shape index (κ3) is 2.64. The molecule has 1 heterocycles. The van der Waals surface area contributed by atoms with Crippen LogP contribution in [0.15, 0.2) is 46.9 Å². The molecular weight excluding hydrogens is 355 g/mol. The molecule has 2 aromatic carbocycles. The summed E-state index contributed by atoms with van der Waals surface area (Å²) in [6, 6.07) is 11.7. The fourth-order valence-corrected chi connectivity index (χ4v) is 3.36. The van der Waals surface area contributed by atoms with Crippen molar-refractivity contribution in [3.63, 3.8) is 0 Å². The molecule has 0 aliphatic carbocycles. The summed E-state index contributed by atoms with van der Waals surface area (Å²) in [7, 11) is 0. The van der Waals surface area contributed by atoms with Gasteiger partial charge >= 0.3 is 0 Å². The first-order chi connectivity index (χ1) is 10.1. The zero-order valence-corrected chi connectivity index (χ0v) is 13.1. The SMILES string of the molecule is Nc1c(C(=O)Nc2ccccc2F)sc2ccc(Br)cc12. The maximum Gasteiger partial charge on any atom is 0.267 e. The summed E-state index contributed by atoms with van der Waals surface area (Å²) < 4.78 is 15.4. The largest absolute Gasteiger partial charge is 0.397 e. The van der Waals surface area contributed by atoms with Crippen molar-refractivity contribution >= 4 is 54.6 Å². The minimum absolute atomic E-state index is 0.139. The van der Waals surface area contributed by atoms with E-state index in [1.54, 1.807) is 12.1 Å². The van der Waals surface area contributed by atoms with Gasteiger partial charge in [0, 0.05) is 14.6 Å². The van der Waals surface area contributed by atoms with Crippen LogP contribution in [0.5, 0.6) is 0 Å². The van der Waals surface area contributed by atoms with E-state index in [1.165, 1.54) is 23.5 Å². The molecule has 0 saturated carbocycles. The summed E-state index contributed by atoms with van der Waals surface area (Å²) in [6.45, 7) is 0. The molecule has 21 heavy (non-hydrogen) atoms. The van der Waals surface area contributed by atoms with E-state index in [9.17, 15) is 9.18 Å². The van der Waals surface area contributed by atoms with Gasteiger partial charge in [0.05, 0.1) is 11.4 Å². The van der Waals surface area contributed by atoms with Gasteiger partial charge in [0.1, 0.15) is 10.7 Å². The third-order valence-electron chi connectivity index (χ3n) is 3.02. The van der Waals surface area contributed by atoms with E-state index >= 15 is 0 Å². The van der Waals surface area contributed by atoms with Crippen molar-refractivity contribution in [2.45, 2.75) is 0 Å². The van der Waals surface area contributed by atoms with Crippen molar-refractivity contribution in [1.29, 1.82) is 0 Å². The zero-order valence-electron chi connectivity index (χ0n) is 10.7. The monoisotopic (exact) mass is 364 g/mol. The van der Waals surface area contributed by atoms with Crippen LogP contribution in [-0.2, 0) is 0 Å². The van der Waals surface area contributed by atoms with Crippen LogP contribution in [0.1, 0.15) is 9.67 Å². The van der Waals surface area contributed by atoms with Crippen LogP contribution in [-0.4, -0.2) is 5.91 Å². The summed E-state index contributed by atoms with van der Waals surface area (Å²) in [4.78, 5) is 12.7. The topological polar surface area (TPSA) is 55.1 Å². The Balaban J connectivity index is 1.99. The average molecular weight is 365 g/mol. The fraction of sp³-hybridized carbons (Fsp3) is 0. The molecule has 3 N–H and O–H groups in total. The van der Waals surface area contributed by atoms with Gasteiger partial charge in [-0.2, -0.15) is 0 Å². The number of nitrogens with one attached hydrogen (secondary N) is 1. The maximum atomic E-state index is 13.6. The number of rotatable bonds is 2. The summed E-state index contributed by atoms with van der Waals surface area (Å²) in [5.41, 5.74) is 6.58. The highest BCUT2D eigenvalue weighted by molar-refractivity contribution is 9.10. The number of para-hydroxylation sites is 1. The van der Waals surface area contributed by atoms with Crippen LogP contribution in [0.4, 0.5) is 15.8 Å². The first-order valence-corrected chi connectivity index (χ1v) is 7.70. The fourth-order valence-electron chi connectivity index (χ4n) is 2.00. The first kappa shape index (κ1) is 14.0. The van der Waals surface area contributed by atoms with Gasteiger partial charge in [-0.1, -0.05) is 28.1 Å². The number of nitrogens with two attached hydrogens (primary N) is 1. The Labute approximate surface area is 132 Å². The van der Waals surface area contributed by atoms with E-state index in [-0.39, 0.29) is 5.69 Å². The van der Waals surface area contributed by atoms with Gasteiger partial charge in [0.2, 0.25) is 0 Å². The molecule has 0 radical (unpaired) electrons. The predicted molar refractivity (Wildman–Crippen MR) is 88.3 cm³/mol. The molecule has 0 unspecified atom stereocenters. The molecule has 0 bridgehead atoms. The van der Waals surface area contributed by atoms with E-state index in [0.29, 0.717) is 10.6 Å². The maximum absolute atomic E-state index is 13.6. The van der Waals surface area contributed by atoms with Gasteiger partial charge in [0.15, 0.2) is 0 Å². The second-order valence-electron chi connectivity index (χ2n) is 4.42. The molecule has 3 nitrogen and oxygen atoms in total. The number of hydrogen-bond donors (Lipinski definition) is 2. The molecule has 106 valence electrons. The zero-order chi connectivity index (χ0) is 15.0. The highest BCUT2D eigenvalue weighted by Gasteiger charge is 2.17. The van der Waals surface area contributed by atoms with Crippen molar-refractivity contribution in [3.8, 4) is 0 Å². The van der Waals surface area contributed by atoms with Gasteiger partial charge in [-0.15, -0.1) is 11.3 Å². The molecule has 6 heteroatoms. The average Bonchev–Trinajstić information content (AvgIpc) is 2.79. The highest BCUT2D eigenvalue weighted by Crippen LogP contribution is 2.35. The Morgan fingerprint density at radius 2 is 2.00 bits per heavy atom. The number of thiophene rings is 1. The van der Waals surface area contributed by atoms with Crippen LogP contribution in [0, 0.1) is 5.82 Å². The summed E-state index contributed by atoms with van der Waals surface area (Å²) in [5.74, 6) is -0.886. The van der Waals surface area contributed by atoms with Gasteiger partial charge in [-0.05, 0) is 30.3 Å². The summed E-state index contributed by atoms with van der Waals surface area (Å²) >= 11 is 4.66. The van der Waals surface area contributed by atoms with Gasteiger partial charge in [0.25, 0.3) is 5.91 Å². The molecule has 3 rings (SSSR count). The number of amides is 1. The van der Waals surface area contributed by atoms with E-state index in [0.717, 1.165) is 14.6 Å². The number of halogens is 2. The molecule has 0 saturated heterocycles. The number of carbonyl (C=O) groups is 1. The lowest BCUT2D eigenvalue weighted by Crippen LogP contribution is -2.12. The number of nitrogen functional groups attached to an aromatic ring is 1. The Hall–Kier alpha value is -1.92. The summed E-state index contributed by atoms with van der Waals surface area (Å²) in [5, 5.41) is 3.36. The molecule has 1 amide bonds. The van der Waals surface area contributed by atoms with Crippen LogP contribution >= 0.6 is 27.3 Å². The predicted octanol–water partition coefficient (Wildman–Crippen LogP) is 4.64. The van der Waals surface area contributed by atoms with Crippen molar-refractivity contribution in [3.05, 3.63) is 57.6 Å². The standard InChI is InChI=1S/C15H10BrFN2OS/c16-8-5-6-12-9(7-8)13(18)14(21-12)15(20)19-11-4-2-1-3-10(11)17/h1-7H,18H2,(H,19,20). The Morgan fingerprint density at radius 1 is 1.24 bits per heavy atom. The Kier molecular flexibility index (Phi) is 3.65. The number of carbonyl (C=O) groups excluding carboxylic acids is 1. The Bertz CT molecular complexity index is 847.